The van der Waals surface area contributed by atoms with Gasteiger partial charge < -0.3 is 10.0 Å². The van der Waals surface area contributed by atoms with Gasteiger partial charge in [-0.3, -0.25) is 0 Å². The molecule has 1 aliphatic heterocycles. The molecule has 0 aliphatic carbocycles. The topological polar surface area (TPSA) is 97.8 Å². The molecule has 3 aromatic rings. The second-order valence-corrected chi connectivity index (χ2v) is 11.8. The third-order valence-electron chi connectivity index (χ3n) is 6.43. The summed E-state index contributed by atoms with van der Waals surface area (Å²) in [4.78, 5) is 7.16. The smallest absolute Gasteiger partial charge is 0.188 e. The summed E-state index contributed by atoms with van der Waals surface area (Å²) in [6.07, 6.45) is 2.31. The summed E-state index contributed by atoms with van der Waals surface area (Å²) in [5.41, 5.74) is 4.07. The summed E-state index contributed by atoms with van der Waals surface area (Å²) in [5.74, 6) is 0.502. The van der Waals surface area contributed by atoms with Crippen LogP contribution in [0.2, 0.25) is 0 Å². The molecule has 1 aliphatic rings. The van der Waals surface area contributed by atoms with Crippen molar-refractivity contribution < 1.29 is 5.11 Å². The van der Waals surface area contributed by atoms with E-state index in [1.165, 1.54) is 28.4 Å². The number of hydrogen-bond acceptors (Lipinski definition) is 9. The van der Waals surface area contributed by atoms with Gasteiger partial charge in [0.15, 0.2) is 15.1 Å². The summed E-state index contributed by atoms with van der Waals surface area (Å²) in [6, 6.07) is 10.8. The number of anilines is 1. The van der Waals surface area contributed by atoms with Gasteiger partial charge in [0.1, 0.15) is 17.3 Å². The van der Waals surface area contributed by atoms with Gasteiger partial charge in [0.05, 0.1) is 11.8 Å². The molecule has 2 aromatic heterocycles. The average molecular weight is 509 g/mol. The zero-order valence-corrected chi connectivity index (χ0v) is 22.6. The SMILES string of the molecule is CCC(C)c1ccc(-c2nc(N3CCC(O)CC3)sc2/N=N/c2snc(C(C)(C)C)c2C#N)cc1. The Morgan fingerprint density at radius 3 is 2.43 bits per heavy atom. The molecule has 4 rings (SSSR count). The van der Waals surface area contributed by atoms with Gasteiger partial charge in [-0.25, -0.2) is 4.98 Å². The highest BCUT2D eigenvalue weighted by molar-refractivity contribution is 7.19. The molecule has 184 valence electrons. The van der Waals surface area contributed by atoms with Crippen LogP contribution in [0.15, 0.2) is 34.5 Å². The number of rotatable bonds is 6. The van der Waals surface area contributed by atoms with Gasteiger partial charge in [0.2, 0.25) is 0 Å². The van der Waals surface area contributed by atoms with E-state index in [0.717, 1.165) is 54.4 Å². The summed E-state index contributed by atoms with van der Waals surface area (Å²) < 4.78 is 4.49. The Bertz CT molecular complexity index is 1220. The minimum Gasteiger partial charge on any atom is -0.393 e. The Balaban J connectivity index is 1.71. The molecule has 1 atom stereocenters. The standard InChI is InChI=1S/C26H32N6OS2/c1-6-16(2)17-7-9-18(10-8-17)21-24(34-25(28-21)32-13-11-19(33)12-14-32)30-29-23-20(15-27)22(31-35-23)26(3,4)5/h7-10,16,19,33H,6,11-14H2,1-5H3/b30-29+. The van der Waals surface area contributed by atoms with Gasteiger partial charge >= 0.3 is 0 Å². The first-order chi connectivity index (χ1) is 16.7. The van der Waals surface area contributed by atoms with E-state index in [4.69, 9.17) is 4.98 Å². The number of aliphatic hydroxyl groups is 1. The number of aromatic nitrogens is 2. The van der Waals surface area contributed by atoms with Crippen LogP contribution < -0.4 is 4.90 Å². The Kier molecular flexibility index (Phi) is 7.64. The molecule has 7 nitrogen and oxygen atoms in total. The van der Waals surface area contributed by atoms with Crippen molar-refractivity contribution in [3.63, 3.8) is 0 Å². The molecule has 0 radical (unpaired) electrons. The highest BCUT2D eigenvalue weighted by atomic mass is 32.1. The first-order valence-electron chi connectivity index (χ1n) is 12.1. The molecule has 35 heavy (non-hydrogen) atoms. The van der Waals surface area contributed by atoms with E-state index >= 15 is 0 Å². The summed E-state index contributed by atoms with van der Waals surface area (Å²) in [6.45, 7) is 12.1. The molecule has 1 aromatic carbocycles. The minimum atomic E-state index is -0.245. The van der Waals surface area contributed by atoms with Gasteiger partial charge in [0.25, 0.3) is 0 Å². The lowest BCUT2D eigenvalue weighted by molar-refractivity contribution is 0.145. The van der Waals surface area contributed by atoms with Gasteiger partial charge in [-0.1, -0.05) is 70.2 Å². The van der Waals surface area contributed by atoms with E-state index in [-0.39, 0.29) is 11.5 Å². The third-order valence-corrected chi connectivity index (χ3v) is 8.16. The molecule has 9 heteroatoms. The van der Waals surface area contributed by atoms with Crippen molar-refractivity contribution in [2.24, 2.45) is 10.2 Å². The zero-order chi connectivity index (χ0) is 25.2. The monoisotopic (exact) mass is 508 g/mol. The second-order valence-electron chi connectivity index (χ2n) is 10.1. The van der Waals surface area contributed by atoms with E-state index in [1.807, 2.05) is 20.8 Å². The van der Waals surface area contributed by atoms with E-state index < -0.39 is 0 Å². The van der Waals surface area contributed by atoms with Crippen molar-refractivity contribution in [1.82, 2.24) is 9.36 Å². The number of aliphatic hydroxyl groups excluding tert-OH is 1. The van der Waals surface area contributed by atoms with Crippen LogP contribution in [0.1, 0.15) is 76.6 Å². The molecule has 0 spiro atoms. The predicted molar refractivity (Wildman–Crippen MR) is 143 cm³/mol. The number of benzene rings is 1. The van der Waals surface area contributed by atoms with Crippen LogP contribution in [0.4, 0.5) is 15.1 Å². The first-order valence-corrected chi connectivity index (χ1v) is 13.7. The minimum absolute atomic E-state index is 0.242. The number of thiazole rings is 1. The van der Waals surface area contributed by atoms with Crippen molar-refractivity contribution in [1.29, 1.82) is 5.26 Å². The van der Waals surface area contributed by atoms with Crippen molar-refractivity contribution in [3.05, 3.63) is 41.1 Å². The normalized spacial score (nSPS) is 16.1. The van der Waals surface area contributed by atoms with Gasteiger partial charge in [0, 0.05) is 24.1 Å². The van der Waals surface area contributed by atoms with E-state index in [9.17, 15) is 10.4 Å². The number of nitrogens with zero attached hydrogens (tertiary/aromatic N) is 6. The molecule has 1 fully saturated rings. The van der Waals surface area contributed by atoms with Crippen molar-refractivity contribution in [2.45, 2.75) is 71.3 Å². The fraction of sp³-hybridized carbons (Fsp3) is 0.500. The molecule has 1 N–H and O–H groups in total. The van der Waals surface area contributed by atoms with E-state index in [1.54, 1.807) is 0 Å². The zero-order valence-electron chi connectivity index (χ0n) is 20.9. The Morgan fingerprint density at radius 2 is 1.83 bits per heavy atom. The Labute approximate surface area is 215 Å². The second kappa shape index (κ2) is 10.5. The fourth-order valence-corrected chi connectivity index (χ4v) is 5.82. The van der Waals surface area contributed by atoms with E-state index in [2.05, 4.69) is 63.7 Å². The Hall–Kier alpha value is -2.67. The van der Waals surface area contributed by atoms with Gasteiger partial charge in [-0.05, 0) is 42.3 Å². The average Bonchev–Trinajstić information content (AvgIpc) is 3.47. The Morgan fingerprint density at radius 1 is 1.17 bits per heavy atom. The van der Waals surface area contributed by atoms with Crippen LogP contribution in [0.25, 0.3) is 11.3 Å². The molecule has 1 unspecified atom stereocenters. The number of hydrogen-bond donors (Lipinski definition) is 1. The van der Waals surface area contributed by atoms with Crippen LogP contribution in [-0.2, 0) is 5.41 Å². The van der Waals surface area contributed by atoms with Gasteiger partial charge in [-0.15, -0.1) is 10.2 Å². The maximum atomic E-state index is 9.91. The van der Waals surface area contributed by atoms with Gasteiger partial charge in [-0.2, -0.15) is 9.64 Å². The molecule has 0 saturated carbocycles. The highest BCUT2D eigenvalue weighted by Gasteiger charge is 2.26. The lowest BCUT2D eigenvalue weighted by Crippen LogP contribution is -2.35. The molecular weight excluding hydrogens is 476 g/mol. The molecule has 3 heterocycles. The lowest BCUT2D eigenvalue weighted by atomic mass is 9.90. The maximum Gasteiger partial charge on any atom is 0.188 e. The van der Waals surface area contributed by atoms with Crippen LogP contribution in [0.5, 0.6) is 0 Å². The quantitative estimate of drug-likeness (QED) is 0.352. The summed E-state index contributed by atoms with van der Waals surface area (Å²) in [7, 11) is 0. The van der Waals surface area contributed by atoms with Crippen molar-refractivity contribution in [3.8, 4) is 17.3 Å². The third kappa shape index (κ3) is 5.61. The predicted octanol–water partition coefficient (Wildman–Crippen LogP) is 7.33. The summed E-state index contributed by atoms with van der Waals surface area (Å²) >= 11 is 2.70. The maximum absolute atomic E-state index is 9.91. The van der Waals surface area contributed by atoms with Crippen molar-refractivity contribution >= 4 is 38.0 Å². The molecule has 1 saturated heterocycles. The fourth-order valence-electron chi connectivity index (χ4n) is 4.01. The number of piperidine rings is 1. The van der Waals surface area contributed by atoms with Crippen LogP contribution in [0, 0.1) is 11.3 Å². The molecular formula is C26H32N6OS2. The lowest BCUT2D eigenvalue weighted by Gasteiger charge is -2.28. The first kappa shape index (κ1) is 25.4. The molecule has 0 bridgehead atoms. The molecule has 0 amide bonds. The number of azo groups is 1. The van der Waals surface area contributed by atoms with Crippen LogP contribution in [0.3, 0.4) is 0 Å². The number of nitriles is 1. The highest BCUT2D eigenvalue weighted by Crippen LogP contribution is 2.42. The van der Waals surface area contributed by atoms with E-state index in [0.29, 0.717) is 21.5 Å². The van der Waals surface area contributed by atoms with Crippen LogP contribution in [-0.4, -0.2) is 33.7 Å². The summed E-state index contributed by atoms with van der Waals surface area (Å²) in [5, 5.41) is 30.8. The largest absolute Gasteiger partial charge is 0.393 e. The van der Waals surface area contributed by atoms with Crippen molar-refractivity contribution in [2.75, 3.05) is 18.0 Å². The van der Waals surface area contributed by atoms with Crippen LogP contribution >= 0.6 is 22.9 Å².